The molecule has 0 radical (unpaired) electrons. The van der Waals surface area contributed by atoms with Gasteiger partial charge in [0, 0.05) is 61.8 Å². The Morgan fingerprint density at radius 1 is 1.00 bits per heavy atom. The first-order valence-electron chi connectivity index (χ1n) is 11.8. The van der Waals surface area contributed by atoms with Crippen LogP contribution >= 0.6 is 11.3 Å². The number of halogens is 3. The lowest BCUT2D eigenvalue weighted by atomic mass is 9.99. The fraction of sp³-hybridized carbons (Fsp3) is 0.346. The minimum atomic E-state index is -4.45. The third-order valence-corrected chi connectivity index (χ3v) is 7.45. The molecule has 11 heteroatoms. The molecule has 2 saturated heterocycles. The van der Waals surface area contributed by atoms with E-state index in [0.29, 0.717) is 54.3 Å². The number of carbonyl (C=O) groups is 2. The van der Waals surface area contributed by atoms with E-state index in [2.05, 4.69) is 9.88 Å². The van der Waals surface area contributed by atoms with Gasteiger partial charge in [-0.3, -0.25) is 14.5 Å². The number of thiazole rings is 1. The summed E-state index contributed by atoms with van der Waals surface area (Å²) in [5.41, 5.74) is 2.65. The Morgan fingerprint density at radius 3 is 2.41 bits per heavy atom. The standard InChI is InChI=1S/C26H25F3N4O3S/c1-36-23-12-18(5-6-21(23)17-3-2-4-19(11-17)26(27,28)29)24(34)33-13-20(14-33)31-7-9-32(10-8-31)25(35)22-15-37-16-30-22/h2-6,11-12,15-16,20H,7-10,13-14H2,1H3. The quantitative estimate of drug-likeness (QED) is 0.497. The SMILES string of the molecule is COc1cc(C(=O)N2CC(N3CCN(C(=O)c4cscn4)CC3)C2)ccc1-c1cccc(C(F)(F)F)c1. The number of likely N-dealkylation sites (tertiary alicyclic amines) is 1. The maximum atomic E-state index is 13.1. The molecule has 194 valence electrons. The van der Waals surface area contributed by atoms with Crippen molar-refractivity contribution in [2.75, 3.05) is 46.4 Å². The first-order chi connectivity index (χ1) is 17.7. The van der Waals surface area contributed by atoms with E-state index in [4.69, 9.17) is 4.74 Å². The average molecular weight is 531 g/mol. The Kier molecular flexibility index (Phi) is 6.91. The third kappa shape index (κ3) is 5.19. The third-order valence-electron chi connectivity index (χ3n) is 6.87. The van der Waals surface area contributed by atoms with Crippen molar-refractivity contribution >= 4 is 23.2 Å². The van der Waals surface area contributed by atoms with Crippen molar-refractivity contribution < 1.29 is 27.5 Å². The van der Waals surface area contributed by atoms with Gasteiger partial charge in [0.05, 0.1) is 18.2 Å². The first kappa shape index (κ1) is 25.2. The second-order valence-electron chi connectivity index (χ2n) is 9.06. The van der Waals surface area contributed by atoms with Crippen molar-refractivity contribution in [2.24, 2.45) is 0 Å². The minimum Gasteiger partial charge on any atom is -0.496 e. The van der Waals surface area contributed by atoms with Crippen LogP contribution in [-0.2, 0) is 6.18 Å². The minimum absolute atomic E-state index is 0.0474. The Labute approximate surface area is 216 Å². The van der Waals surface area contributed by atoms with E-state index in [0.717, 1.165) is 25.2 Å². The summed E-state index contributed by atoms with van der Waals surface area (Å²) in [6.45, 7) is 3.88. The van der Waals surface area contributed by atoms with Crippen LogP contribution in [0, 0.1) is 0 Å². The lowest BCUT2D eigenvalue weighted by molar-refractivity contribution is -0.137. The zero-order valence-corrected chi connectivity index (χ0v) is 20.9. The number of alkyl halides is 3. The fourth-order valence-corrected chi connectivity index (χ4v) is 5.26. The molecule has 0 spiro atoms. The van der Waals surface area contributed by atoms with E-state index in [1.54, 1.807) is 40.1 Å². The van der Waals surface area contributed by atoms with Crippen molar-refractivity contribution in [3.63, 3.8) is 0 Å². The van der Waals surface area contributed by atoms with Crippen molar-refractivity contribution in [1.82, 2.24) is 19.7 Å². The molecular formula is C26H25F3N4O3S. The molecule has 7 nitrogen and oxygen atoms in total. The van der Waals surface area contributed by atoms with Crippen LogP contribution in [0.15, 0.2) is 53.4 Å². The van der Waals surface area contributed by atoms with Gasteiger partial charge in [-0.05, 0) is 35.9 Å². The number of hydrogen-bond acceptors (Lipinski definition) is 6. The molecule has 37 heavy (non-hydrogen) atoms. The molecule has 0 atom stereocenters. The van der Waals surface area contributed by atoms with Crippen molar-refractivity contribution in [3.05, 3.63) is 70.2 Å². The van der Waals surface area contributed by atoms with Crippen LogP contribution in [0.1, 0.15) is 26.4 Å². The Balaban J connectivity index is 1.19. The molecule has 3 aromatic rings. The van der Waals surface area contributed by atoms with Crippen molar-refractivity contribution in [3.8, 4) is 16.9 Å². The second kappa shape index (κ2) is 10.1. The average Bonchev–Trinajstić information content (AvgIpc) is 3.42. The van der Waals surface area contributed by atoms with Crippen LogP contribution in [0.3, 0.4) is 0 Å². The van der Waals surface area contributed by atoms with Gasteiger partial charge in [0.2, 0.25) is 0 Å². The number of amides is 2. The monoisotopic (exact) mass is 530 g/mol. The lowest BCUT2D eigenvalue weighted by Gasteiger charge is -2.48. The molecular weight excluding hydrogens is 505 g/mol. The normalized spacial score (nSPS) is 17.0. The van der Waals surface area contributed by atoms with Crippen LogP contribution in [0.5, 0.6) is 5.75 Å². The molecule has 5 rings (SSSR count). The summed E-state index contributed by atoms with van der Waals surface area (Å²) in [7, 11) is 1.43. The van der Waals surface area contributed by atoms with E-state index < -0.39 is 11.7 Å². The smallest absolute Gasteiger partial charge is 0.416 e. The number of methoxy groups -OCH3 is 1. The molecule has 2 amide bonds. The van der Waals surface area contributed by atoms with E-state index >= 15 is 0 Å². The number of nitrogens with zero attached hydrogens (tertiary/aromatic N) is 4. The fourth-order valence-electron chi connectivity index (χ4n) is 4.73. The molecule has 2 fully saturated rings. The molecule has 0 unspecified atom stereocenters. The van der Waals surface area contributed by atoms with Crippen LogP contribution in [-0.4, -0.2) is 83.9 Å². The number of ether oxygens (including phenoxy) is 1. The zero-order valence-electron chi connectivity index (χ0n) is 20.1. The number of hydrogen-bond donors (Lipinski definition) is 0. The second-order valence-corrected chi connectivity index (χ2v) is 9.78. The highest BCUT2D eigenvalue weighted by atomic mass is 32.1. The van der Waals surface area contributed by atoms with Gasteiger partial charge in [0.25, 0.3) is 11.8 Å². The molecule has 3 heterocycles. The molecule has 0 saturated carbocycles. The molecule has 2 aliphatic heterocycles. The predicted molar refractivity (Wildman–Crippen MR) is 133 cm³/mol. The largest absolute Gasteiger partial charge is 0.496 e. The highest BCUT2D eigenvalue weighted by Crippen LogP contribution is 2.36. The topological polar surface area (TPSA) is 66.0 Å². The number of piperazine rings is 1. The molecule has 1 aromatic heterocycles. The molecule has 0 N–H and O–H groups in total. The summed E-state index contributed by atoms with van der Waals surface area (Å²) in [5, 5.41) is 1.76. The number of rotatable bonds is 5. The first-order valence-corrected chi connectivity index (χ1v) is 12.8. The number of carbonyl (C=O) groups excluding carboxylic acids is 2. The lowest BCUT2D eigenvalue weighted by Crippen LogP contribution is -2.64. The van der Waals surface area contributed by atoms with Gasteiger partial charge in [-0.1, -0.05) is 12.1 Å². The molecule has 0 bridgehead atoms. The highest BCUT2D eigenvalue weighted by molar-refractivity contribution is 7.07. The van der Waals surface area contributed by atoms with Crippen molar-refractivity contribution in [1.29, 1.82) is 0 Å². The van der Waals surface area contributed by atoms with Crippen LogP contribution in [0.25, 0.3) is 11.1 Å². The van der Waals surface area contributed by atoms with E-state index in [-0.39, 0.29) is 17.9 Å². The van der Waals surface area contributed by atoms with Crippen LogP contribution in [0.2, 0.25) is 0 Å². The van der Waals surface area contributed by atoms with E-state index in [9.17, 15) is 22.8 Å². The summed E-state index contributed by atoms with van der Waals surface area (Å²) >= 11 is 1.40. The number of aromatic nitrogens is 1. The van der Waals surface area contributed by atoms with Gasteiger partial charge in [0.1, 0.15) is 11.4 Å². The Morgan fingerprint density at radius 2 is 1.76 bits per heavy atom. The zero-order chi connectivity index (χ0) is 26.2. The summed E-state index contributed by atoms with van der Waals surface area (Å²) in [6.07, 6.45) is -4.45. The predicted octanol–water partition coefficient (Wildman–Crippen LogP) is 4.12. The van der Waals surface area contributed by atoms with E-state index in [1.165, 1.54) is 24.5 Å². The van der Waals surface area contributed by atoms with Gasteiger partial charge in [-0.15, -0.1) is 11.3 Å². The van der Waals surface area contributed by atoms with Gasteiger partial charge in [-0.2, -0.15) is 13.2 Å². The molecule has 0 aliphatic carbocycles. The summed E-state index contributed by atoms with van der Waals surface area (Å²) in [4.78, 5) is 35.5. The van der Waals surface area contributed by atoms with Gasteiger partial charge in [-0.25, -0.2) is 4.98 Å². The van der Waals surface area contributed by atoms with Crippen LogP contribution < -0.4 is 4.74 Å². The molecule has 2 aliphatic rings. The van der Waals surface area contributed by atoms with E-state index in [1.807, 2.05) is 4.90 Å². The maximum absolute atomic E-state index is 13.1. The Bertz CT molecular complexity index is 1280. The van der Waals surface area contributed by atoms with Crippen LogP contribution in [0.4, 0.5) is 13.2 Å². The van der Waals surface area contributed by atoms with Crippen molar-refractivity contribution in [2.45, 2.75) is 12.2 Å². The maximum Gasteiger partial charge on any atom is 0.416 e. The van der Waals surface area contributed by atoms with Gasteiger partial charge >= 0.3 is 6.18 Å². The molecule has 2 aromatic carbocycles. The highest BCUT2D eigenvalue weighted by Gasteiger charge is 2.37. The summed E-state index contributed by atoms with van der Waals surface area (Å²) < 4.78 is 44.9. The summed E-state index contributed by atoms with van der Waals surface area (Å²) in [5.74, 6) is 0.138. The number of benzene rings is 2. The van der Waals surface area contributed by atoms with Gasteiger partial charge < -0.3 is 14.5 Å². The van der Waals surface area contributed by atoms with Gasteiger partial charge in [0.15, 0.2) is 0 Å². The summed E-state index contributed by atoms with van der Waals surface area (Å²) in [6, 6.07) is 10.1. The Hall–Kier alpha value is -3.44.